The zero-order valence-electron chi connectivity index (χ0n) is 19.1. The van der Waals surface area contributed by atoms with Crippen molar-refractivity contribution in [3.8, 4) is 0 Å². The first-order valence-corrected chi connectivity index (χ1v) is 11.2. The van der Waals surface area contributed by atoms with Gasteiger partial charge in [-0.3, -0.25) is 0 Å². The molecule has 4 aromatic rings. The topological polar surface area (TPSA) is 0 Å². The van der Waals surface area contributed by atoms with E-state index < -0.39 is 0 Å². The van der Waals surface area contributed by atoms with Gasteiger partial charge in [-0.25, -0.2) is 0 Å². The number of allylic oxidation sites excluding steroid dienone is 2. The van der Waals surface area contributed by atoms with Crippen LogP contribution >= 0.6 is 0 Å². The molecule has 0 nitrogen and oxygen atoms in total. The summed E-state index contributed by atoms with van der Waals surface area (Å²) in [4.78, 5) is 0. The van der Waals surface area contributed by atoms with Gasteiger partial charge in [0.2, 0.25) is 0 Å². The Morgan fingerprint density at radius 1 is 0.733 bits per heavy atom. The number of hydrogen-bond acceptors (Lipinski definition) is 0. The number of rotatable bonds is 2. The van der Waals surface area contributed by atoms with Crippen LogP contribution in [-0.2, 0) is 20.0 Å². The van der Waals surface area contributed by atoms with E-state index in [0.29, 0.717) is 0 Å². The van der Waals surface area contributed by atoms with Crippen molar-refractivity contribution < 1.29 is 20.0 Å². The summed E-state index contributed by atoms with van der Waals surface area (Å²) < 4.78 is 1.42. The SMILES string of the molecule is CC=Cc1cc2c(C)cccc2[cH-]1.CC=Cc1cc2c(C)cccc2[cH-]1.C[C](C)=[Ti+2]. The van der Waals surface area contributed by atoms with Gasteiger partial charge in [0.1, 0.15) is 0 Å². The van der Waals surface area contributed by atoms with E-state index in [1.54, 1.807) is 0 Å². The predicted molar refractivity (Wildman–Crippen MR) is 134 cm³/mol. The number of fused-ring (bicyclic) bond motifs is 2. The van der Waals surface area contributed by atoms with Crippen molar-refractivity contribution in [1.82, 2.24) is 0 Å². The molecule has 0 aromatic heterocycles. The molecule has 4 aromatic carbocycles. The van der Waals surface area contributed by atoms with Crippen LogP contribution in [0.4, 0.5) is 0 Å². The molecule has 0 saturated carbocycles. The van der Waals surface area contributed by atoms with Gasteiger partial charge in [-0.05, 0) is 13.8 Å². The van der Waals surface area contributed by atoms with Crippen molar-refractivity contribution in [3.05, 3.63) is 95.1 Å². The van der Waals surface area contributed by atoms with E-state index in [1.165, 1.54) is 47.6 Å². The fourth-order valence-electron chi connectivity index (χ4n) is 3.41. The summed E-state index contributed by atoms with van der Waals surface area (Å²) in [5.41, 5.74) is 5.31. The molecule has 0 aliphatic rings. The van der Waals surface area contributed by atoms with Crippen molar-refractivity contribution in [3.63, 3.8) is 0 Å². The van der Waals surface area contributed by atoms with Gasteiger partial charge in [0.05, 0.1) is 0 Å². The first kappa shape index (κ1) is 24.0. The summed E-state index contributed by atoms with van der Waals surface area (Å²) in [6.07, 6.45) is 8.42. The van der Waals surface area contributed by atoms with E-state index in [0.717, 1.165) is 0 Å². The van der Waals surface area contributed by atoms with Gasteiger partial charge in [0.15, 0.2) is 0 Å². The van der Waals surface area contributed by atoms with E-state index >= 15 is 0 Å². The summed E-state index contributed by atoms with van der Waals surface area (Å²) in [5.74, 6) is 0. The van der Waals surface area contributed by atoms with Gasteiger partial charge < -0.3 is 0 Å². The maximum absolute atomic E-state index is 2.24. The molecule has 0 bridgehead atoms. The molecule has 0 amide bonds. The first-order chi connectivity index (χ1) is 14.3. The summed E-state index contributed by atoms with van der Waals surface area (Å²) in [6, 6.07) is 21.8. The van der Waals surface area contributed by atoms with E-state index in [9.17, 15) is 0 Å². The maximum atomic E-state index is 2.24. The second kappa shape index (κ2) is 11.8. The molecule has 0 N–H and O–H groups in total. The quantitative estimate of drug-likeness (QED) is 0.222. The second-order valence-corrected chi connectivity index (χ2v) is 9.29. The fourth-order valence-corrected chi connectivity index (χ4v) is 3.41. The average Bonchev–Trinajstić information content (AvgIpc) is 3.28. The monoisotopic (exact) mass is 428 g/mol. The Balaban J connectivity index is 0.000000182. The Labute approximate surface area is 193 Å². The molecule has 0 fully saturated rings. The zero-order chi connectivity index (χ0) is 22.1. The van der Waals surface area contributed by atoms with Gasteiger partial charge in [-0.2, -0.15) is 0 Å². The predicted octanol–water partition coefficient (Wildman–Crippen LogP) is 8.55. The van der Waals surface area contributed by atoms with E-state index in [1.807, 2.05) is 13.8 Å². The average molecular weight is 428 g/mol. The Hall–Kier alpha value is -2.28. The van der Waals surface area contributed by atoms with Crippen LogP contribution in [0, 0.1) is 13.8 Å². The van der Waals surface area contributed by atoms with Crippen molar-refractivity contribution in [2.24, 2.45) is 0 Å². The third-order valence-corrected chi connectivity index (χ3v) is 4.70. The van der Waals surface area contributed by atoms with Gasteiger partial charge in [0, 0.05) is 0 Å². The van der Waals surface area contributed by atoms with Crippen molar-refractivity contribution in [1.29, 1.82) is 0 Å². The molecule has 0 aliphatic carbocycles. The third-order valence-electron chi connectivity index (χ3n) is 4.70. The van der Waals surface area contributed by atoms with Crippen LogP contribution in [0.2, 0.25) is 0 Å². The minimum atomic E-state index is 1.30. The molecule has 0 atom stereocenters. The van der Waals surface area contributed by atoms with Gasteiger partial charge in [-0.15, -0.1) is 93.4 Å². The van der Waals surface area contributed by atoms with E-state index in [4.69, 9.17) is 0 Å². The Morgan fingerprint density at radius 3 is 1.40 bits per heavy atom. The number of aryl methyl sites for hydroxylation is 2. The van der Waals surface area contributed by atoms with Crippen LogP contribution in [0.15, 0.2) is 72.8 Å². The molecule has 4 rings (SSSR count). The van der Waals surface area contributed by atoms with Gasteiger partial charge in [0.25, 0.3) is 0 Å². The van der Waals surface area contributed by atoms with Crippen molar-refractivity contribution in [2.45, 2.75) is 41.5 Å². The Bertz CT molecular complexity index is 1070. The summed E-state index contributed by atoms with van der Waals surface area (Å²) >= 11 is 2.08. The molecule has 0 aliphatic heterocycles. The first-order valence-electron chi connectivity index (χ1n) is 10.4. The van der Waals surface area contributed by atoms with Crippen molar-refractivity contribution in [2.75, 3.05) is 0 Å². The molecule has 0 saturated heterocycles. The van der Waals surface area contributed by atoms with Crippen molar-refractivity contribution >= 4 is 37.5 Å². The summed E-state index contributed by atoms with van der Waals surface area (Å²) in [5, 5.41) is 5.42. The number of hydrogen-bond donors (Lipinski definition) is 0. The van der Waals surface area contributed by atoms with Gasteiger partial charge >= 0.3 is 37.6 Å². The van der Waals surface area contributed by atoms with Crippen LogP contribution in [0.25, 0.3) is 33.7 Å². The third kappa shape index (κ3) is 6.90. The Kier molecular flexibility index (Phi) is 9.43. The van der Waals surface area contributed by atoms with E-state index in [-0.39, 0.29) is 0 Å². The standard InChI is InChI=1S/2C13H13.C3H6.Ti/c2*1-3-5-11-8-12-7-4-6-10(2)13(12)9-11;1-3-2;/h2*3-9H,1-2H3;1-2H3;/q2*-1;;+2. The molecule has 0 heterocycles. The molecule has 0 unspecified atom stereocenters. The zero-order valence-corrected chi connectivity index (χ0v) is 20.6. The fraction of sp³-hybridized carbons (Fsp3) is 0.207. The molecule has 30 heavy (non-hydrogen) atoms. The molecule has 1 heteroatoms. The van der Waals surface area contributed by atoms with E-state index in [2.05, 4.69) is 133 Å². The van der Waals surface area contributed by atoms with Gasteiger partial charge in [-0.1, -0.05) is 49.2 Å². The molecular weight excluding hydrogens is 396 g/mol. The van der Waals surface area contributed by atoms with Crippen LogP contribution in [0.5, 0.6) is 0 Å². The van der Waals surface area contributed by atoms with Crippen LogP contribution in [0.3, 0.4) is 0 Å². The minimum absolute atomic E-state index is 1.30. The Morgan fingerprint density at radius 2 is 1.10 bits per heavy atom. The van der Waals surface area contributed by atoms with Crippen LogP contribution < -0.4 is 0 Å². The number of benzene rings is 2. The summed E-state index contributed by atoms with van der Waals surface area (Å²) in [6.45, 7) is 12.6. The van der Waals surface area contributed by atoms with Crippen LogP contribution in [0.1, 0.15) is 49.9 Å². The van der Waals surface area contributed by atoms with Crippen LogP contribution in [-0.4, -0.2) is 3.81 Å². The normalized spacial score (nSPS) is 10.9. The molecule has 152 valence electrons. The second-order valence-electron chi connectivity index (χ2n) is 7.73. The molecule has 0 radical (unpaired) electrons. The summed E-state index contributed by atoms with van der Waals surface area (Å²) in [7, 11) is 0. The molecule has 0 spiro atoms. The molecular formula is C29H32Ti.